The number of para-hydroxylation sites is 1. The largest absolute Gasteiger partial charge is 0.421 e. The van der Waals surface area contributed by atoms with Crippen molar-refractivity contribution in [2.45, 2.75) is 6.18 Å². The summed E-state index contributed by atoms with van der Waals surface area (Å²) in [6.45, 7) is 0. The molecule has 2 aromatic rings. The molecule has 2 rings (SSSR count). The van der Waals surface area contributed by atoms with E-state index >= 15 is 0 Å². The van der Waals surface area contributed by atoms with Gasteiger partial charge in [0.2, 0.25) is 5.43 Å². The summed E-state index contributed by atoms with van der Waals surface area (Å²) in [5.41, 5.74) is -1.76. The molecule has 0 bridgehead atoms. The van der Waals surface area contributed by atoms with Crippen LogP contribution in [-0.2, 0) is 6.18 Å². The fourth-order valence-electron chi connectivity index (χ4n) is 1.38. The molecule has 1 aromatic carbocycles. The molecule has 0 amide bonds. The van der Waals surface area contributed by atoms with E-state index in [9.17, 15) is 18.0 Å². The molecule has 0 aliphatic heterocycles. The summed E-state index contributed by atoms with van der Waals surface area (Å²) in [6.07, 6.45) is -3.91. The number of aromatic amines is 1. The number of aromatic nitrogens is 1. The van der Waals surface area contributed by atoms with E-state index in [2.05, 4.69) is 4.98 Å². The van der Waals surface area contributed by atoms with Crippen molar-refractivity contribution in [1.82, 2.24) is 4.98 Å². The van der Waals surface area contributed by atoms with Crippen LogP contribution in [-0.4, -0.2) is 4.98 Å². The highest BCUT2D eigenvalue weighted by molar-refractivity contribution is 5.78. The lowest BCUT2D eigenvalue weighted by molar-refractivity contribution is -0.138. The molecule has 78 valence electrons. The van der Waals surface area contributed by atoms with Gasteiger partial charge in [0.1, 0.15) is 5.56 Å². The fraction of sp³-hybridized carbons (Fsp3) is 0.100. The predicted molar refractivity (Wildman–Crippen MR) is 49.6 cm³/mol. The van der Waals surface area contributed by atoms with Crippen molar-refractivity contribution in [3.63, 3.8) is 0 Å². The van der Waals surface area contributed by atoms with Crippen molar-refractivity contribution in [2.24, 2.45) is 0 Å². The van der Waals surface area contributed by atoms with Gasteiger partial charge in [0.05, 0.1) is 0 Å². The second-order valence-corrected chi connectivity index (χ2v) is 3.07. The number of fused-ring (bicyclic) bond motifs is 1. The highest BCUT2D eigenvalue weighted by Gasteiger charge is 2.34. The maximum atomic E-state index is 12.4. The minimum atomic E-state index is -4.61. The molecule has 5 heteroatoms. The van der Waals surface area contributed by atoms with Gasteiger partial charge in [-0.3, -0.25) is 4.79 Å². The van der Waals surface area contributed by atoms with Gasteiger partial charge in [-0.25, -0.2) is 0 Å². The molecule has 1 heterocycles. The number of hydrogen-bond acceptors (Lipinski definition) is 1. The van der Waals surface area contributed by atoms with Crippen LogP contribution in [0.4, 0.5) is 13.2 Å². The van der Waals surface area contributed by atoms with E-state index in [-0.39, 0.29) is 5.39 Å². The molecule has 0 saturated carbocycles. The third-order valence-electron chi connectivity index (χ3n) is 2.09. The Morgan fingerprint density at radius 3 is 2.47 bits per heavy atom. The minimum Gasteiger partial charge on any atom is -0.360 e. The van der Waals surface area contributed by atoms with Crippen LogP contribution in [0.15, 0.2) is 35.3 Å². The number of H-pyrrole nitrogens is 1. The number of pyridine rings is 1. The van der Waals surface area contributed by atoms with E-state index < -0.39 is 17.2 Å². The molecule has 0 radical (unpaired) electrons. The molecular formula is C10H6F3NO. The average molecular weight is 213 g/mol. The number of rotatable bonds is 0. The highest BCUT2D eigenvalue weighted by atomic mass is 19.4. The zero-order chi connectivity index (χ0) is 11.1. The van der Waals surface area contributed by atoms with Gasteiger partial charge >= 0.3 is 6.18 Å². The van der Waals surface area contributed by atoms with Crippen molar-refractivity contribution in [3.8, 4) is 0 Å². The predicted octanol–water partition coefficient (Wildman–Crippen LogP) is 2.55. The zero-order valence-electron chi connectivity index (χ0n) is 7.43. The topological polar surface area (TPSA) is 32.9 Å². The average Bonchev–Trinajstić information content (AvgIpc) is 2.16. The van der Waals surface area contributed by atoms with E-state index in [1.165, 1.54) is 12.1 Å². The molecule has 0 aliphatic rings. The number of halogens is 3. The van der Waals surface area contributed by atoms with Crippen molar-refractivity contribution in [2.75, 3.05) is 0 Å². The van der Waals surface area contributed by atoms with E-state index in [0.29, 0.717) is 11.7 Å². The zero-order valence-corrected chi connectivity index (χ0v) is 7.43. The third kappa shape index (κ3) is 1.60. The smallest absolute Gasteiger partial charge is 0.360 e. The summed E-state index contributed by atoms with van der Waals surface area (Å²) in [6, 6.07) is 6.09. The molecule has 1 aromatic heterocycles. The Balaban J connectivity index is 2.83. The summed E-state index contributed by atoms with van der Waals surface area (Å²) in [7, 11) is 0. The van der Waals surface area contributed by atoms with Crippen molar-refractivity contribution in [1.29, 1.82) is 0 Å². The van der Waals surface area contributed by atoms with Gasteiger partial charge in [0.15, 0.2) is 0 Å². The number of alkyl halides is 3. The fourth-order valence-corrected chi connectivity index (χ4v) is 1.38. The van der Waals surface area contributed by atoms with Crippen molar-refractivity contribution >= 4 is 10.9 Å². The summed E-state index contributed by atoms with van der Waals surface area (Å²) in [4.78, 5) is 13.9. The summed E-state index contributed by atoms with van der Waals surface area (Å²) in [5.74, 6) is 0. The van der Waals surface area contributed by atoms with E-state index in [1.807, 2.05) is 0 Å². The second-order valence-electron chi connectivity index (χ2n) is 3.07. The number of benzene rings is 1. The first-order chi connectivity index (χ1) is 7.00. The molecule has 0 atom stereocenters. The van der Waals surface area contributed by atoms with Crippen LogP contribution < -0.4 is 5.43 Å². The first kappa shape index (κ1) is 9.76. The standard InChI is InChI=1S/C10H6F3NO/c11-10(12,13)7-5-14-8-4-2-1-3-6(8)9(7)15/h1-5H,(H,14,15). The van der Waals surface area contributed by atoms with Gasteiger partial charge in [-0.15, -0.1) is 0 Å². The quantitative estimate of drug-likeness (QED) is 0.716. The number of hydrogen-bond donors (Lipinski definition) is 1. The Morgan fingerprint density at radius 2 is 1.80 bits per heavy atom. The number of nitrogens with one attached hydrogen (secondary N) is 1. The molecule has 0 unspecified atom stereocenters. The van der Waals surface area contributed by atoms with Gasteiger partial charge in [0.25, 0.3) is 0 Å². The molecule has 2 nitrogen and oxygen atoms in total. The lowest BCUT2D eigenvalue weighted by atomic mass is 10.1. The summed E-state index contributed by atoms with van der Waals surface area (Å²) >= 11 is 0. The van der Waals surface area contributed by atoms with E-state index in [4.69, 9.17) is 0 Å². The molecule has 0 fully saturated rings. The Kier molecular flexibility index (Phi) is 2.03. The Bertz CT molecular complexity index is 556. The van der Waals surface area contributed by atoms with Gasteiger partial charge in [-0.2, -0.15) is 13.2 Å². The Morgan fingerprint density at radius 1 is 1.13 bits per heavy atom. The second kappa shape index (κ2) is 3.12. The van der Waals surface area contributed by atoms with Crippen molar-refractivity contribution < 1.29 is 13.2 Å². The van der Waals surface area contributed by atoms with Gasteiger partial charge in [-0.1, -0.05) is 12.1 Å². The molecule has 1 N–H and O–H groups in total. The van der Waals surface area contributed by atoms with Crippen LogP contribution in [0, 0.1) is 0 Å². The van der Waals surface area contributed by atoms with Gasteiger partial charge in [0, 0.05) is 17.1 Å². The molecule has 0 saturated heterocycles. The van der Waals surface area contributed by atoms with E-state index in [1.54, 1.807) is 12.1 Å². The van der Waals surface area contributed by atoms with Crippen LogP contribution in [0.3, 0.4) is 0 Å². The minimum absolute atomic E-state index is 0.0484. The summed E-state index contributed by atoms with van der Waals surface area (Å²) < 4.78 is 37.1. The lowest BCUT2D eigenvalue weighted by Crippen LogP contribution is -2.19. The van der Waals surface area contributed by atoms with Crippen LogP contribution in [0.1, 0.15) is 5.56 Å². The summed E-state index contributed by atoms with van der Waals surface area (Å²) in [5, 5.41) is 0.0484. The molecular weight excluding hydrogens is 207 g/mol. The monoisotopic (exact) mass is 213 g/mol. The Labute approximate surface area is 82.4 Å². The molecule has 15 heavy (non-hydrogen) atoms. The highest BCUT2D eigenvalue weighted by Crippen LogP contribution is 2.26. The third-order valence-corrected chi connectivity index (χ3v) is 2.09. The van der Waals surface area contributed by atoms with Gasteiger partial charge in [-0.05, 0) is 12.1 Å². The van der Waals surface area contributed by atoms with Crippen LogP contribution in [0.25, 0.3) is 10.9 Å². The van der Waals surface area contributed by atoms with Crippen LogP contribution in [0.2, 0.25) is 0 Å². The van der Waals surface area contributed by atoms with Crippen LogP contribution >= 0.6 is 0 Å². The Hall–Kier alpha value is -1.78. The van der Waals surface area contributed by atoms with Gasteiger partial charge < -0.3 is 4.98 Å². The van der Waals surface area contributed by atoms with Crippen molar-refractivity contribution in [3.05, 3.63) is 46.2 Å². The first-order valence-electron chi connectivity index (χ1n) is 4.18. The molecule has 0 aliphatic carbocycles. The normalized spacial score (nSPS) is 11.9. The van der Waals surface area contributed by atoms with E-state index in [0.717, 1.165) is 0 Å². The molecule has 0 spiro atoms. The maximum Gasteiger partial charge on any atom is 0.421 e. The SMILES string of the molecule is O=c1c(C(F)(F)F)c[nH]c2ccccc12. The van der Waals surface area contributed by atoms with Crippen LogP contribution in [0.5, 0.6) is 0 Å². The maximum absolute atomic E-state index is 12.4. The lowest BCUT2D eigenvalue weighted by Gasteiger charge is -2.06. The first-order valence-corrected chi connectivity index (χ1v) is 4.18.